The van der Waals surface area contributed by atoms with E-state index in [1.807, 2.05) is 31.2 Å². The van der Waals surface area contributed by atoms with Crippen LogP contribution >= 0.6 is 0 Å². The van der Waals surface area contributed by atoms with Crippen LogP contribution < -0.4 is 0 Å². The second-order valence-corrected chi connectivity index (χ2v) is 2.50. The van der Waals surface area contributed by atoms with Gasteiger partial charge in [0.15, 0.2) is 0 Å². The molecular weight excluding hydrogens is 136 g/mol. The summed E-state index contributed by atoms with van der Waals surface area (Å²) in [6.45, 7) is 5.81. The first-order valence-corrected chi connectivity index (χ1v) is 3.54. The molecule has 11 heavy (non-hydrogen) atoms. The van der Waals surface area contributed by atoms with Crippen LogP contribution in [0.15, 0.2) is 30.8 Å². The summed E-state index contributed by atoms with van der Waals surface area (Å²) in [5, 5.41) is 0. The third-order valence-corrected chi connectivity index (χ3v) is 1.59. The molecule has 0 bridgehead atoms. The van der Waals surface area contributed by atoms with E-state index in [0.29, 0.717) is 5.76 Å². The van der Waals surface area contributed by atoms with Crippen molar-refractivity contribution in [3.63, 3.8) is 0 Å². The summed E-state index contributed by atoms with van der Waals surface area (Å²) in [6, 6.07) is 8.08. The normalized spacial score (nSPS) is 9.27. The van der Waals surface area contributed by atoms with Crippen LogP contribution in [-0.2, 0) is 4.74 Å². The maximum atomic E-state index is 5.00. The van der Waals surface area contributed by atoms with Gasteiger partial charge in [0.2, 0.25) is 0 Å². The van der Waals surface area contributed by atoms with Gasteiger partial charge in [-0.3, -0.25) is 0 Å². The first kappa shape index (κ1) is 7.86. The number of ether oxygens (including phenoxy) is 1. The number of rotatable bonds is 2. The van der Waals surface area contributed by atoms with Gasteiger partial charge in [0.25, 0.3) is 0 Å². The van der Waals surface area contributed by atoms with Crippen LogP contribution in [0.2, 0.25) is 0 Å². The summed E-state index contributed by atoms with van der Waals surface area (Å²) in [5.74, 6) is 0.716. The van der Waals surface area contributed by atoms with Crippen molar-refractivity contribution < 1.29 is 4.74 Å². The van der Waals surface area contributed by atoms with Crippen LogP contribution in [0.5, 0.6) is 0 Å². The second-order valence-electron chi connectivity index (χ2n) is 2.50. The van der Waals surface area contributed by atoms with E-state index >= 15 is 0 Å². The van der Waals surface area contributed by atoms with Gasteiger partial charge >= 0.3 is 0 Å². The Balaban J connectivity index is 2.96. The number of methoxy groups -OCH3 is 1. The van der Waals surface area contributed by atoms with Crippen LogP contribution in [-0.4, -0.2) is 7.11 Å². The molecule has 0 unspecified atom stereocenters. The molecule has 0 N–H and O–H groups in total. The highest BCUT2D eigenvalue weighted by molar-refractivity contribution is 5.57. The molecule has 1 nitrogen and oxygen atoms in total. The van der Waals surface area contributed by atoms with Gasteiger partial charge in [-0.25, -0.2) is 0 Å². The molecule has 0 fully saturated rings. The molecule has 0 amide bonds. The number of aryl methyl sites for hydroxylation is 1. The van der Waals surface area contributed by atoms with Gasteiger partial charge in [0.05, 0.1) is 7.11 Å². The molecular formula is C10H12O. The van der Waals surface area contributed by atoms with Crippen LogP contribution in [0.4, 0.5) is 0 Å². The van der Waals surface area contributed by atoms with Gasteiger partial charge in [-0.15, -0.1) is 0 Å². The van der Waals surface area contributed by atoms with E-state index in [1.165, 1.54) is 5.56 Å². The zero-order valence-corrected chi connectivity index (χ0v) is 6.92. The first-order valence-electron chi connectivity index (χ1n) is 3.54. The Morgan fingerprint density at radius 1 is 1.45 bits per heavy atom. The smallest absolute Gasteiger partial charge is 0.118 e. The predicted octanol–water partition coefficient (Wildman–Crippen LogP) is 2.61. The number of benzene rings is 1. The van der Waals surface area contributed by atoms with Gasteiger partial charge in [-0.1, -0.05) is 30.3 Å². The van der Waals surface area contributed by atoms with Crippen molar-refractivity contribution in [2.45, 2.75) is 6.92 Å². The topological polar surface area (TPSA) is 9.23 Å². The Labute approximate surface area is 67.3 Å². The average molecular weight is 148 g/mol. The number of hydrogen-bond acceptors (Lipinski definition) is 1. The zero-order valence-electron chi connectivity index (χ0n) is 6.92. The van der Waals surface area contributed by atoms with Gasteiger partial charge < -0.3 is 4.74 Å². The van der Waals surface area contributed by atoms with Crippen molar-refractivity contribution >= 4 is 5.76 Å². The van der Waals surface area contributed by atoms with Crippen molar-refractivity contribution in [3.05, 3.63) is 42.0 Å². The second kappa shape index (κ2) is 3.24. The molecule has 0 spiro atoms. The van der Waals surface area contributed by atoms with Crippen LogP contribution in [0.3, 0.4) is 0 Å². The maximum absolute atomic E-state index is 5.00. The van der Waals surface area contributed by atoms with E-state index in [0.717, 1.165) is 5.56 Å². The van der Waals surface area contributed by atoms with Gasteiger partial charge in [-0.2, -0.15) is 0 Å². The summed E-state index contributed by atoms with van der Waals surface area (Å²) in [6.07, 6.45) is 0. The summed E-state index contributed by atoms with van der Waals surface area (Å²) < 4.78 is 5.00. The molecule has 0 saturated heterocycles. The predicted molar refractivity (Wildman–Crippen MR) is 47.2 cm³/mol. The molecule has 1 rings (SSSR count). The van der Waals surface area contributed by atoms with Crippen LogP contribution in [0, 0.1) is 6.92 Å². The van der Waals surface area contributed by atoms with Crippen molar-refractivity contribution in [2.75, 3.05) is 7.11 Å². The van der Waals surface area contributed by atoms with Gasteiger partial charge in [-0.05, 0) is 13.0 Å². The molecule has 0 aromatic heterocycles. The fourth-order valence-corrected chi connectivity index (χ4v) is 0.936. The SMILES string of the molecule is C=C(OC)c1cccc(C)c1. The van der Waals surface area contributed by atoms with Crippen LogP contribution in [0.25, 0.3) is 5.76 Å². The van der Waals surface area contributed by atoms with E-state index in [-0.39, 0.29) is 0 Å². The van der Waals surface area contributed by atoms with E-state index < -0.39 is 0 Å². The minimum absolute atomic E-state index is 0.716. The van der Waals surface area contributed by atoms with E-state index in [4.69, 9.17) is 4.74 Å². The minimum atomic E-state index is 0.716. The van der Waals surface area contributed by atoms with E-state index in [9.17, 15) is 0 Å². The lowest BCUT2D eigenvalue weighted by molar-refractivity contribution is 0.371. The fraction of sp³-hybridized carbons (Fsp3) is 0.200. The standard InChI is InChI=1S/C10H12O/c1-8-5-4-6-10(7-8)9(2)11-3/h4-7H,2H2,1,3H3. The third kappa shape index (κ3) is 1.84. The highest BCUT2D eigenvalue weighted by Gasteiger charge is 1.95. The molecule has 0 aliphatic rings. The Morgan fingerprint density at radius 2 is 2.18 bits per heavy atom. The molecule has 0 aliphatic heterocycles. The van der Waals surface area contributed by atoms with Crippen molar-refractivity contribution in [3.8, 4) is 0 Å². The molecule has 0 radical (unpaired) electrons. The summed E-state index contributed by atoms with van der Waals surface area (Å²) in [7, 11) is 1.63. The van der Waals surface area contributed by atoms with E-state index in [1.54, 1.807) is 7.11 Å². The summed E-state index contributed by atoms with van der Waals surface area (Å²) >= 11 is 0. The third-order valence-electron chi connectivity index (χ3n) is 1.59. The van der Waals surface area contributed by atoms with Gasteiger partial charge in [0, 0.05) is 5.56 Å². The molecule has 0 heterocycles. The van der Waals surface area contributed by atoms with Crippen molar-refractivity contribution in [2.24, 2.45) is 0 Å². The fourth-order valence-electron chi connectivity index (χ4n) is 0.936. The Bertz CT molecular complexity index is 263. The van der Waals surface area contributed by atoms with Crippen LogP contribution in [0.1, 0.15) is 11.1 Å². The van der Waals surface area contributed by atoms with Crippen molar-refractivity contribution in [1.29, 1.82) is 0 Å². The molecule has 58 valence electrons. The highest BCUT2D eigenvalue weighted by Crippen LogP contribution is 2.13. The lowest BCUT2D eigenvalue weighted by Gasteiger charge is -2.03. The lowest BCUT2D eigenvalue weighted by Crippen LogP contribution is -1.85. The first-order chi connectivity index (χ1) is 5.24. The quantitative estimate of drug-likeness (QED) is 0.586. The van der Waals surface area contributed by atoms with Gasteiger partial charge in [0.1, 0.15) is 5.76 Å². The lowest BCUT2D eigenvalue weighted by atomic mass is 10.1. The summed E-state index contributed by atoms with van der Waals surface area (Å²) in [4.78, 5) is 0. The molecule has 0 saturated carbocycles. The number of hydrogen-bond donors (Lipinski definition) is 0. The zero-order chi connectivity index (χ0) is 8.27. The molecule has 1 aromatic carbocycles. The average Bonchev–Trinajstić information content (AvgIpc) is 2.03. The highest BCUT2D eigenvalue weighted by atomic mass is 16.5. The molecule has 0 aliphatic carbocycles. The maximum Gasteiger partial charge on any atom is 0.118 e. The monoisotopic (exact) mass is 148 g/mol. The Morgan fingerprint density at radius 3 is 2.73 bits per heavy atom. The Kier molecular flexibility index (Phi) is 2.32. The molecule has 0 atom stereocenters. The van der Waals surface area contributed by atoms with Crippen molar-refractivity contribution in [1.82, 2.24) is 0 Å². The van der Waals surface area contributed by atoms with E-state index in [2.05, 4.69) is 6.58 Å². The molecule has 1 heteroatoms. The minimum Gasteiger partial charge on any atom is -0.497 e. The largest absolute Gasteiger partial charge is 0.497 e. The summed E-state index contributed by atoms with van der Waals surface area (Å²) in [5.41, 5.74) is 2.27. The molecule has 1 aromatic rings. The Hall–Kier alpha value is -1.24.